The van der Waals surface area contributed by atoms with Crippen LogP contribution in [-0.2, 0) is 7.05 Å². The van der Waals surface area contributed by atoms with Crippen LogP contribution < -0.4 is 15.2 Å². The quantitative estimate of drug-likeness (QED) is 0.229. The number of nitrogens with zero attached hydrogens (tertiary/aromatic N) is 4. The molecular formula is C31H31ClN4O3. The van der Waals surface area contributed by atoms with E-state index in [1.165, 1.54) is 17.4 Å². The fourth-order valence-corrected chi connectivity index (χ4v) is 5.28. The molecule has 8 heteroatoms. The van der Waals surface area contributed by atoms with Gasteiger partial charge >= 0.3 is 0 Å². The molecule has 5 aromatic rings. The van der Waals surface area contributed by atoms with Gasteiger partial charge in [-0.2, -0.15) is 9.78 Å². The number of rotatable bonds is 7. The zero-order valence-electron chi connectivity index (χ0n) is 22.7. The molecule has 0 spiro atoms. The van der Waals surface area contributed by atoms with Crippen LogP contribution in [0.4, 0.5) is 5.69 Å². The molecule has 39 heavy (non-hydrogen) atoms. The van der Waals surface area contributed by atoms with E-state index < -0.39 is 0 Å². The van der Waals surface area contributed by atoms with Gasteiger partial charge in [-0.05, 0) is 54.3 Å². The minimum atomic E-state index is -0.343. The van der Waals surface area contributed by atoms with Crippen molar-refractivity contribution in [1.29, 1.82) is 0 Å². The minimum Gasteiger partial charge on any atom is -0.495 e. The van der Waals surface area contributed by atoms with Crippen LogP contribution in [0, 0.1) is 0 Å². The van der Waals surface area contributed by atoms with Gasteiger partial charge in [-0.1, -0.05) is 62.7 Å². The summed E-state index contributed by atoms with van der Waals surface area (Å²) in [5.41, 5.74) is 3.52. The molecular weight excluding hydrogens is 512 g/mol. The maximum absolute atomic E-state index is 14.4. The summed E-state index contributed by atoms with van der Waals surface area (Å²) in [5.74, 6) is 0.588. The number of aromatic nitrogens is 3. The molecule has 0 aliphatic carbocycles. The number of carbonyl (C=O) groups is 1. The maximum Gasteiger partial charge on any atom is 0.296 e. The van der Waals surface area contributed by atoms with Crippen LogP contribution in [0.15, 0.2) is 71.5 Å². The first-order chi connectivity index (χ1) is 18.8. The summed E-state index contributed by atoms with van der Waals surface area (Å²) in [6.07, 6.45) is 0.754. The third kappa shape index (κ3) is 4.57. The number of para-hydroxylation sites is 1. The summed E-state index contributed by atoms with van der Waals surface area (Å²) in [4.78, 5) is 30.0. The molecule has 7 nitrogen and oxygen atoms in total. The Morgan fingerprint density at radius 1 is 1.08 bits per heavy atom. The SMILES string of the molecule is CCCN(C(=O)c1nn(-c2ccc(OC)c(Cl)c2)c(=O)c2c1c1ccccc1n2C)c1ccc(C(C)C)cc1. The first-order valence-electron chi connectivity index (χ1n) is 13.0. The lowest BCUT2D eigenvalue weighted by Gasteiger charge is -2.23. The molecule has 0 N–H and O–H groups in total. The first-order valence-corrected chi connectivity index (χ1v) is 13.4. The van der Waals surface area contributed by atoms with Gasteiger partial charge in [-0.25, -0.2) is 0 Å². The fourth-order valence-electron chi connectivity index (χ4n) is 5.03. The number of ether oxygens (including phenoxy) is 1. The second-order valence-corrected chi connectivity index (χ2v) is 10.3. The highest BCUT2D eigenvalue weighted by Crippen LogP contribution is 2.31. The molecule has 0 saturated carbocycles. The van der Waals surface area contributed by atoms with Gasteiger partial charge in [0.25, 0.3) is 11.5 Å². The Morgan fingerprint density at radius 2 is 1.79 bits per heavy atom. The summed E-state index contributed by atoms with van der Waals surface area (Å²) in [7, 11) is 3.36. The Balaban J connectivity index is 1.79. The minimum absolute atomic E-state index is 0.203. The Morgan fingerprint density at radius 3 is 2.44 bits per heavy atom. The smallest absolute Gasteiger partial charge is 0.296 e. The molecule has 0 aliphatic rings. The third-order valence-corrected chi connectivity index (χ3v) is 7.38. The standard InChI is InChI=1S/C31H31ClN4O3/c1-6-17-35(21-13-11-20(12-14-21)19(2)3)30(37)28-27-23-9-7-8-10-25(23)34(4)29(27)31(38)36(33-28)22-15-16-26(39-5)24(32)18-22/h7-16,18-19H,6,17H2,1-5H3. The lowest BCUT2D eigenvalue weighted by Crippen LogP contribution is -2.35. The number of amides is 1. The number of carbonyl (C=O) groups excluding carboxylic acids is 1. The average molecular weight is 543 g/mol. The number of hydrogen-bond acceptors (Lipinski definition) is 4. The molecule has 2 aromatic heterocycles. The highest BCUT2D eigenvalue weighted by atomic mass is 35.5. The molecule has 0 bridgehead atoms. The largest absolute Gasteiger partial charge is 0.495 e. The van der Waals surface area contributed by atoms with Gasteiger partial charge in [0.1, 0.15) is 11.3 Å². The lowest BCUT2D eigenvalue weighted by molar-refractivity contribution is 0.0982. The van der Waals surface area contributed by atoms with E-state index in [2.05, 4.69) is 26.0 Å². The van der Waals surface area contributed by atoms with Crippen molar-refractivity contribution in [2.45, 2.75) is 33.1 Å². The monoisotopic (exact) mass is 542 g/mol. The van der Waals surface area contributed by atoms with Crippen molar-refractivity contribution in [3.63, 3.8) is 0 Å². The molecule has 5 rings (SSSR count). The van der Waals surface area contributed by atoms with Crippen LogP contribution >= 0.6 is 11.6 Å². The van der Waals surface area contributed by atoms with Gasteiger partial charge in [0, 0.05) is 35.6 Å². The molecule has 0 saturated heterocycles. The number of methoxy groups -OCH3 is 1. The molecule has 0 fully saturated rings. The van der Waals surface area contributed by atoms with Crippen LogP contribution in [0.1, 0.15) is 49.2 Å². The highest BCUT2D eigenvalue weighted by molar-refractivity contribution is 6.32. The fraction of sp³-hybridized carbons (Fsp3) is 0.258. The van der Waals surface area contributed by atoms with Crippen molar-refractivity contribution in [3.05, 3.63) is 93.4 Å². The van der Waals surface area contributed by atoms with Gasteiger partial charge in [0.05, 0.1) is 17.8 Å². The molecule has 0 aliphatic heterocycles. The van der Waals surface area contributed by atoms with Gasteiger partial charge in [-0.3, -0.25) is 9.59 Å². The van der Waals surface area contributed by atoms with Crippen LogP contribution in [0.25, 0.3) is 27.5 Å². The Kier molecular flexibility index (Phi) is 7.19. The molecule has 3 aromatic carbocycles. The van der Waals surface area contributed by atoms with Gasteiger partial charge in [0.15, 0.2) is 5.69 Å². The van der Waals surface area contributed by atoms with Crippen molar-refractivity contribution in [1.82, 2.24) is 14.3 Å². The summed E-state index contributed by atoms with van der Waals surface area (Å²) >= 11 is 6.41. The van der Waals surface area contributed by atoms with Crippen molar-refractivity contribution in [2.24, 2.45) is 7.05 Å². The van der Waals surface area contributed by atoms with E-state index in [1.54, 1.807) is 23.1 Å². The van der Waals surface area contributed by atoms with E-state index in [4.69, 9.17) is 21.4 Å². The Labute approximate surface area is 232 Å². The predicted molar refractivity (Wildman–Crippen MR) is 158 cm³/mol. The second-order valence-electron chi connectivity index (χ2n) is 9.89. The van der Waals surface area contributed by atoms with Crippen molar-refractivity contribution in [2.75, 3.05) is 18.6 Å². The normalized spacial score (nSPS) is 11.5. The van der Waals surface area contributed by atoms with Crippen molar-refractivity contribution in [3.8, 4) is 11.4 Å². The van der Waals surface area contributed by atoms with E-state index in [0.29, 0.717) is 39.8 Å². The first kappa shape index (κ1) is 26.5. The molecule has 200 valence electrons. The van der Waals surface area contributed by atoms with E-state index in [9.17, 15) is 9.59 Å². The van der Waals surface area contributed by atoms with Crippen LogP contribution in [0.3, 0.4) is 0 Å². The average Bonchev–Trinajstić information content (AvgIpc) is 3.24. The molecule has 1 amide bonds. The topological polar surface area (TPSA) is 69.4 Å². The zero-order chi connectivity index (χ0) is 27.8. The molecule has 0 atom stereocenters. The molecule has 0 radical (unpaired) electrons. The van der Waals surface area contributed by atoms with Gasteiger partial charge < -0.3 is 14.2 Å². The van der Waals surface area contributed by atoms with E-state index in [-0.39, 0.29) is 17.2 Å². The lowest BCUT2D eigenvalue weighted by atomic mass is 10.0. The second kappa shape index (κ2) is 10.6. The van der Waals surface area contributed by atoms with Gasteiger partial charge in [0.2, 0.25) is 0 Å². The van der Waals surface area contributed by atoms with Crippen LogP contribution in [-0.4, -0.2) is 33.9 Å². The van der Waals surface area contributed by atoms with Crippen molar-refractivity contribution >= 4 is 45.0 Å². The number of halogens is 1. The molecule has 0 unspecified atom stereocenters. The van der Waals surface area contributed by atoms with Gasteiger partial charge in [-0.15, -0.1) is 0 Å². The molecule has 2 heterocycles. The number of anilines is 1. The Hall–Kier alpha value is -4.10. The Bertz CT molecular complexity index is 1750. The zero-order valence-corrected chi connectivity index (χ0v) is 23.5. The van der Waals surface area contributed by atoms with Crippen molar-refractivity contribution < 1.29 is 9.53 Å². The summed E-state index contributed by atoms with van der Waals surface area (Å²) in [5, 5.41) is 6.39. The maximum atomic E-state index is 14.4. The summed E-state index contributed by atoms with van der Waals surface area (Å²) in [6, 6.07) is 20.7. The highest BCUT2D eigenvalue weighted by Gasteiger charge is 2.27. The summed E-state index contributed by atoms with van der Waals surface area (Å²) in [6.45, 7) is 6.81. The summed E-state index contributed by atoms with van der Waals surface area (Å²) < 4.78 is 8.37. The number of fused-ring (bicyclic) bond motifs is 3. The number of hydrogen-bond donors (Lipinski definition) is 0. The van der Waals surface area contributed by atoms with Crippen LogP contribution in [0.5, 0.6) is 5.75 Å². The number of aryl methyl sites for hydroxylation is 1. The van der Waals surface area contributed by atoms with E-state index in [1.807, 2.05) is 54.9 Å². The number of benzene rings is 3. The van der Waals surface area contributed by atoms with E-state index >= 15 is 0 Å². The third-order valence-electron chi connectivity index (χ3n) is 7.09. The van der Waals surface area contributed by atoms with Crippen LogP contribution in [0.2, 0.25) is 5.02 Å². The van der Waals surface area contributed by atoms with E-state index in [0.717, 1.165) is 23.0 Å². The predicted octanol–water partition coefficient (Wildman–Crippen LogP) is 6.72.